The molecule has 0 aromatic heterocycles. The summed E-state index contributed by atoms with van der Waals surface area (Å²) in [5.41, 5.74) is 1.25. The molecule has 0 radical (unpaired) electrons. The van der Waals surface area contributed by atoms with E-state index in [0.717, 1.165) is 6.42 Å². The van der Waals surface area contributed by atoms with Crippen molar-refractivity contribution in [2.24, 2.45) is 0 Å². The van der Waals surface area contributed by atoms with E-state index in [0.29, 0.717) is 13.0 Å². The number of hydrogen-bond acceptors (Lipinski definition) is 3. The molecular formula is C13H16O3. The summed E-state index contributed by atoms with van der Waals surface area (Å²) in [5, 5.41) is 0. The number of benzene rings is 1. The van der Waals surface area contributed by atoms with Crippen LogP contribution in [0.15, 0.2) is 30.3 Å². The predicted molar refractivity (Wildman–Crippen MR) is 60.1 cm³/mol. The molecular weight excluding hydrogens is 204 g/mol. The van der Waals surface area contributed by atoms with Crippen LogP contribution in [-0.4, -0.2) is 24.8 Å². The zero-order valence-corrected chi connectivity index (χ0v) is 9.39. The van der Waals surface area contributed by atoms with Crippen LogP contribution in [0.1, 0.15) is 18.9 Å². The number of carbonyl (C=O) groups excluding carboxylic acids is 1. The van der Waals surface area contributed by atoms with Crippen LogP contribution < -0.4 is 0 Å². The summed E-state index contributed by atoms with van der Waals surface area (Å²) in [7, 11) is 0. The fourth-order valence-corrected chi connectivity index (χ4v) is 1.77. The van der Waals surface area contributed by atoms with Crippen LogP contribution >= 0.6 is 0 Å². The van der Waals surface area contributed by atoms with Gasteiger partial charge in [-0.15, -0.1) is 0 Å². The molecule has 1 saturated heterocycles. The van der Waals surface area contributed by atoms with Gasteiger partial charge < -0.3 is 9.47 Å². The van der Waals surface area contributed by atoms with Gasteiger partial charge in [-0.3, -0.25) is 4.79 Å². The molecule has 2 rings (SSSR count). The van der Waals surface area contributed by atoms with Crippen molar-refractivity contribution in [3.05, 3.63) is 35.9 Å². The second-order valence-corrected chi connectivity index (χ2v) is 3.91. The van der Waals surface area contributed by atoms with Crippen LogP contribution in [0.25, 0.3) is 0 Å². The molecule has 86 valence electrons. The molecule has 0 spiro atoms. The van der Waals surface area contributed by atoms with E-state index in [9.17, 15) is 4.79 Å². The van der Waals surface area contributed by atoms with Crippen LogP contribution in [0, 0.1) is 0 Å². The lowest BCUT2D eigenvalue weighted by molar-refractivity contribution is -0.143. The van der Waals surface area contributed by atoms with Crippen LogP contribution in [-0.2, 0) is 20.7 Å². The zero-order valence-electron chi connectivity index (χ0n) is 9.39. The largest absolute Gasteiger partial charge is 0.466 e. The fourth-order valence-electron chi connectivity index (χ4n) is 1.77. The smallest absolute Gasteiger partial charge is 0.308 e. The Kier molecular flexibility index (Phi) is 3.57. The minimum atomic E-state index is -0.164. The fraction of sp³-hybridized carbons (Fsp3) is 0.462. The summed E-state index contributed by atoms with van der Waals surface area (Å²) in [6.07, 6.45) is 1.50. The highest BCUT2D eigenvalue weighted by Crippen LogP contribution is 2.28. The molecule has 1 aromatic carbocycles. The maximum Gasteiger partial charge on any atom is 0.308 e. The Labute approximate surface area is 95.4 Å². The van der Waals surface area contributed by atoms with E-state index in [1.165, 1.54) is 5.56 Å². The zero-order chi connectivity index (χ0) is 11.4. The van der Waals surface area contributed by atoms with Crippen molar-refractivity contribution in [2.45, 2.75) is 32.0 Å². The van der Waals surface area contributed by atoms with E-state index in [4.69, 9.17) is 9.47 Å². The highest BCUT2D eigenvalue weighted by molar-refractivity contribution is 5.70. The van der Waals surface area contributed by atoms with Crippen molar-refractivity contribution in [1.29, 1.82) is 0 Å². The molecule has 1 unspecified atom stereocenters. The summed E-state index contributed by atoms with van der Waals surface area (Å²) >= 11 is 0. The molecule has 3 heteroatoms. The monoisotopic (exact) mass is 220 g/mol. The molecule has 1 heterocycles. The first-order valence-corrected chi connectivity index (χ1v) is 5.64. The Balaban J connectivity index is 1.73. The van der Waals surface area contributed by atoms with Gasteiger partial charge in [0.15, 0.2) is 0 Å². The van der Waals surface area contributed by atoms with E-state index < -0.39 is 0 Å². The lowest BCUT2D eigenvalue weighted by Gasteiger charge is -1.98. The van der Waals surface area contributed by atoms with Crippen LogP contribution in [0.3, 0.4) is 0 Å². The Bertz CT molecular complexity index is 347. The molecule has 3 nitrogen and oxygen atoms in total. The Morgan fingerprint density at radius 2 is 2.06 bits per heavy atom. The van der Waals surface area contributed by atoms with Gasteiger partial charge in [-0.05, 0) is 12.5 Å². The first kappa shape index (κ1) is 11.1. The van der Waals surface area contributed by atoms with Gasteiger partial charge in [0, 0.05) is 6.42 Å². The van der Waals surface area contributed by atoms with Gasteiger partial charge in [-0.25, -0.2) is 0 Å². The van der Waals surface area contributed by atoms with Gasteiger partial charge in [-0.2, -0.15) is 0 Å². The number of epoxide rings is 1. The number of esters is 1. The SMILES string of the molecule is CCOC(=O)C[C@H]1OC1Cc1ccccc1. The van der Waals surface area contributed by atoms with Gasteiger partial charge in [0.05, 0.1) is 25.2 Å². The van der Waals surface area contributed by atoms with Crippen LogP contribution in [0.5, 0.6) is 0 Å². The second-order valence-electron chi connectivity index (χ2n) is 3.91. The first-order valence-electron chi connectivity index (χ1n) is 5.64. The lowest BCUT2D eigenvalue weighted by atomic mass is 10.1. The molecule has 1 aromatic rings. The van der Waals surface area contributed by atoms with E-state index in [1.54, 1.807) is 0 Å². The molecule has 2 atom stereocenters. The van der Waals surface area contributed by atoms with Crippen molar-refractivity contribution >= 4 is 5.97 Å². The van der Waals surface area contributed by atoms with Crippen LogP contribution in [0.2, 0.25) is 0 Å². The second kappa shape index (κ2) is 5.12. The van der Waals surface area contributed by atoms with Gasteiger partial charge in [0.1, 0.15) is 0 Å². The maximum atomic E-state index is 11.2. The lowest BCUT2D eigenvalue weighted by Crippen LogP contribution is -2.09. The Morgan fingerprint density at radius 1 is 1.31 bits per heavy atom. The third kappa shape index (κ3) is 3.07. The molecule has 1 aliphatic rings. The number of ether oxygens (including phenoxy) is 2. The molecule has 1 fully saturated rings. The quantitative estimate of drug-likeness (QED) is 0.562. The molecule has 0 aliphatic carbocycles. The third-order valence-corrected chi connectivity index (χ3v) is 2.64. The summed E-state index contributed by atoms with van der Waals surface area (Å²) < 4.78 is 10.3. The van der Waals surface area contributed by atoms with E-state index in [-0.39, 0.29) is 18.2 Å². The van der Waals surface area contributed by atoms with E-state index >= 15 is 0 Å². The Hall–Kier alpha value is -1.35. The standard InChI is InChI=1S/C13H16O3/c1-2-15-13(14)9-12-11(16-12)8-10-6-4-3-5-7-10/h3-7,11-12H,2,8-9H2,1H3/t11?,12-/m1/s1. The normalized spacial score (nSPS) is 22.8. The van der Waals surface area contributed by atoms with Gasteiger partial charge in [0.2, 0.25) is 0 Å². The molecule has 0 N–H and O–H groups in total. The average Bonchev–Trinajstić information content (AvgIpc) is 2.98. The Morgan fingerprint density at radius 3 is 2.75 bits per heavy atom. The topological polar surface area (TPSA) is 38.8 Å². The minimum absolute atomic E-state index is 0.0549. The van der Waals surface area contributed by atoms with Crippen molar-refractivity contribution in [3.8, 4) is 0 Å². The summed E-state index contributed by atoms with van der Waals surface area (Å²) in [4.78, 5) is 11.2. The highest BCUT2D eigenvalue weighted by atomic mass is 16.6. The van der Waals surface area contributed by atoms with E-state index in [1.807, 2.05) is 25.1 Å². The molecule has 16 heavy (non-hydrogen) atoms. The highest BCUT2D eigenvalue weighted by Gasteiger charge is 2.40. The minimum Gasteiger partial charge on any atom is -0.466 e. The summed E-state index contributed by atoms with van der Waals surface area (Å²) in [5.74, 6) is -0.164. The number of hydrogen-bond donors (Lipinski definition) is 0. The molecule has 0 amide bonds. The number of rotatable bonds is 5. The number of carbonyl (C=O) groups is 1. The van der Waals surface area contributed by atoms with Crippen molar-refractivity contribution in [2.75, 3.05) is 6.61 Å². The van der Waals surface area contributed by atoms with Crippen LogP contribution in [0.4, 0.5) is 0 Å². The molecule has 0 saturated carbocycles. The van der Waals surface area contributed by atoms with Gasteiger partial charge >= 0.3 is 5.97 Å². The van der Waals surface area contributed by atoms with Crippen molar-refractivity contribution in [3.63, 3.8) is 0 Å². The maximum absolute atomic E-state index is 11.2. The van der Waals surface area contributed by atoms with Gasteiger partial charge in [0.25, 0.3) is 0 Å². The molecule has 1 aliphatic heterocycles. The summed E-state index contributed by atoms with van der Waals surface area (Å²) in [6, 6.07) is 10.2. The summed E-state index contributed by atoms with van der Waals surface area (Å²) in [6.45, 7) is 2.25. The first-order chi connectivity index (χ1) is 7.79. The average molecular weight is 220 g/mol. The predicted octanol–water partition coefficient (Wildman–Crippen LogP) is 1.95. The van der Waals surface area contributed by atoms with Gasteiger partial charge in [-0.1, -0.05) is 30.3 Å². The van der Waals surface area contributed by atoms with Crippen molar-refractivity contribution < 1.29 is 14.3 Å². The van der Waals surface area contributed by atoms with E-state index in [2.05, 4.69) is 12.1 Å². The third-order valence-electron chi connectivity index (χ3n) is 2.64. The van der Waals surface area contributed by atoms with Crippen molar-refractivity contribution in [1.82, 2.24) is 0 Å². The molecule has 0 bridgehead atoms.